The van der Waals surface area contributed by atoms with Crippen molar-refractivity contribution in [3.63, 3.8) is 0 Å². The van der Waals surface area contributed by atoms with Crippen LogP contribution in [0.25, 0.3) is 0 Å². The van der Waals surface area contributed by atoms with Crippen LogP contribution in [0, 0.1) is 0 Å². The molecule has 0 aliphatic rings. The molecule has 0 atom stereocenters. The topological polar surface area (TPSA) is 66.6 Å². The van der Waals surface area contributed by atoms with Gasteiger partial charge in [-0.2, -0.15) is 4.98 Å². The summed E-state index contributed by atoms with van der Waals surface area (Å²) in [5.74, 6) is -1.08. The van der Waals surface area contributed by atoms with Crippen molar-refractivity contribution in [1.82, 2.24) is 4.98 Å². The van der Waals surface area contributed by atoms with E-state index in [2.05, 4.69) is 11.1 Å². The van der Waals surface area contributed by atoms with Gasteiger partial charge in [0.25, 0.3) is 6.01 Å². The molecule has 2 aromatic heterocycles. The van der Waals surface area contributed by atoms with Crippen LogP contribution in [0.1, 0.15) is 15.4 Å². The van der Waals surface area contributed by atoms with E-state index in [1.54, 1.807) is 16.2 Å². The van der Waals surface area contributed by atoms with E-state index < -0.39 is 5.97 Å². The van der Waals surface area contributed by atoms with E-state index in [1.165, 1.54) is 4.88 Å². The van der Waals surface area contributed by atoms with E-state index in [0.717, 1.165) is 19.2 Å². The van der Waals surface area contributed by atoms with Crippen molar-refractivity contribution >= 4 is 23.3 Å². The number of likely N-dealkylation sites (N-methyl/N-ethyl adjacent to an activating group) is 1. The van der Waals surface area contributed by atoms with E-state index >= 15 is 0 Å². The minimum atomic E-state index is -1.08. The number of oxazole rings is 1. The highest BCUT2D eigenvalue weighted by Crippen LogP contribution is 2.14. The van der Waals surface area contributed by atoms with E-state index in [0.29, 0.717) is 6.01 Å². The van der Waals surface area contributed by atoms with Gasteiger partial charge in [0.1, 0.15) is 6.26 Å². The zero-order valence-electron chi connectivity index (χ0n) is 9.29. The molecule has 5 nitrogen and oxygen atoms in total. The molecule has 0 saturated carbocycles. The van der Waals surface area contributed by atoms with Crippen LogP contribution in [0.4, 0.5) is 6.01 Å². The Morgan fingerprint density at radius 1 is 1.65 bits per heavy atom. The van der Waals surface area contributed by atoms with Crippen LogP contribution in [-0.4, -0.2) is 29.7 Å². The number of nitrogens with zero attached hydrogens (tertiary/aromatic N) is 2. The average molecular weight is 252 g/mol. The summed E-state index contributed by atoms with van der Waals surface area (Å²) in [4.78, 5) is 17.6. The molecule has 17 heavy (non-hydrogen) atoms. The van der Waals surface area contributed by atoms with Gasteiger partial charge in [0.05, 0.1) is 0 Å². The van der Waals surface area contributed by atoms with Gasteiger partial charge in [0.15, 0.2) is 5.69 Å². The lowest BCUT2D eigenvalue weighted by molar-refractivity contribution is 0.0690. The van der Waals surface area contributed by atoms with Crippen molar-refractivity contribution in [2.75, 3.05) is 18.5 Å². The molecule has 0 spiro atoms. The summed E-state index contributed by atoms with van der Waals surface area (Å²) in [6.07, 6.45) is 2.04. The first kappa shape index (κ1) is 11.7. The number of carboxylic acids is 1. The normalized spacial score (nSPS) is 10.4. The van der Waals surface area contributed by atoms with Gasteiger partial charge < -0.3 is 14.4 Å². The van der Waals surface area contributed by atoms with Gasteiger partial charge in [-0.15, -0.1) is 11.3 Å². The van der Waals surface area contributed by atoms with Gasteiger partial charge >= 0.3 is 5.97 Å². The Hall–Kier alpha value is -1.82. The maximum Gasteiger partial charge on any atom is 0.357 e. The molecule has 0 aliphatic carbocycles. The SMILES string of the molecule is CN(CCc1cccs1)c1nc(C(=O)O)co1. The second kappa shape index (κ2) is 5.01. The highest BCUT2D eigenvalue weighted by molar-refractivity contribution is 7.09. The quantitative estimate of drug-likeness (QED) is 0.882. The molecule has 2 heterocycles. The molecule has 2 rings (SSSR count). The fourth-order valence-corrected chi connectivity index (χ4v) is 2.06. The largest absolute Gasteiger partial charge is 0.476 e. The minimum Gasteiger partial charge on any atom is -0.476 e. The van der Waals surface area contributed by atoms with Crippen LogP contribution in [0.5, 0.6) is 0 Å². The number of anilines is 1. The van der Waals surface area contributed by atoms with Crippen LogP contribution in [0.3, 0.4) is 0 Å². The number of rotatable bonds is 5. The molecule has 0 bridgehead atoms. The standard InChI is InChI=1S/C11H12N2O3S/c1-13(5-4-8-3-2-6-17-8)11-12-9(7-16-11)10(14)15/h2-3,6-7H,4-5H2,1H3,(H,14,15). The Kier molecular flexibility index (Phi) is 3.43. The van der Waals surface area contributed by atoms with Crippen molar-refractivity contribution in [2.24, 2.45) is 0 Å². The molecular weight excluding hydrogens is 240 g/mol. The molecule has 0 saturated heterocycles. The third-order valence-electron chi connectivity index (χ3n) is 2.31. The van der Waals surface area contributed by atoms with E-state index in [1.807, 2.05) is 18.5 Å². The number of hydrogen-bond donors (Lipinski definition) is 1. The summed E-state index contributed by atoms with van der Waals surface area (Å²) < 4.78 is 5.10. The summed E-state index contributed by atoms with van der Waals surface area (Å²) in [5.41, 5.74) is -0.0667. The number of carboxylic acid groups (broad SMARTS) is 1. The maximum absolute atomic E-state index is 10.6. The summed E-state index contributed by atoms with van der Waals surface area (Å²) in [7, 11) is 1.82. The molecule has 0 aromatic carbocycles. The molecule has 0 aliphatic heterocycles. The zero-order valence-corrected chi connectivity index (χ0v) is 10.1. The van der Waals surface area contributed by atoms with Gasteiger partial charge in [-0.1, -0.05) is 6.07 Å². The lowest BCUT2D eigenvalue weighted by Crippen LogP contribution is -2.20. The van der Waals surface area contributed by atoms with Crippen molar-refractivity contribution in [3.05, 3.63) is 34.3 Å². The first-order valence-electron chi connectivity index (χ1n) is 5.09. The Labute approximate surface area is 102 Å². The number of hydrogen-bond acceptors (Lipinski definition) is 5. The van der Waals surface area contributed by atoms with Gasteiger partial charge in [0.2, 0.25) is 0 Å². The molecule has 0 fully saturated rings. The minimum absolute atomic E-state index is 0.0667. The fraction of sp³-hybridized carbons (Fsp3) is 0.273. The number of thiophene rings is 1. The lowest BCUT2D eigenvalue weighted by atomic mass is 10.3. The van der Waals surface area contributed by atoms with Crippen molar-refractivity contribution in [3.8, 4) is 0 Å². The first-order chi connectivity index (χ1) is 8.16. The third-order valence-corrected chi connectivity index (χ3v) is 3.25. The highest BCUT2D eigenvalue weighted by atomic mass is 32.1. The number of carbonyl (C=O) groups is 1. The average Bonchev–Trinajstić information content (AvgIpc) is 2.96. The predicted octanol–water partition coefficient (Wildman–Crippen LogP) is 2.11. The Balaban J connectivity index is 1.94. The fourth-order valence-electron chi connectivity index (χ4n) is 1.37. The van der Waals surface area contributed by atoms with Crippen LogP contribution < -0.4 is 4.90 Å². The predicted molar refractivity (Wildman–Crippen MR) is 64.8 cm³/mol. The lowest BCUT2D eigenvalue weighted by Gasteiger charge is -2.12. The summed E-state index contributed by atoms with van der Waals surface area (Å²) in [6, 6.07) is 4.41. The first-order valence-corrected chi connectivity index (χ1v) is 5.97. The van der Waals surface area contributed by atoms with E-state index in [-0.39, 0.29) is 5.69 Å². The van der Waals surface area contributed by atoms with E-state index in [9.17, 15) is 4.79 Å². The maximum atomic E-state index is 10.6. The van der Waals surface area contributed by atoms with Crippen molar-refractivity contribution in [1.29, 1.82) is 0 Å². The molecule has 90 valence electrons. The molecule has 1 N–H and O–H groups in total. The number of aromatic nitrogens is 1. The van der Waals surface area contributed by atoms with Crippen LogP contribution in [-0.2, 0) is 6.42 Å². The second-order valence-electron chi connectivity index (χ2n) is 3.57. The van der Waals surface area contributed by atoms with Crippen molar-refractivity contribution < 1.29 is 14.3 Å². The Bertz CT molecular complexity index is 493. The molecular formula is C11H12N2O3S. The summed E-state index contributed by atoms with van der Waals surface area (Å²) in [6.45, 7) is 0.736. The monoisotopic (exact) mass is 252 g/mol. The smallest absolute Gasteiger partial charge is 0.357 e. The molecule has 6 heteroatoms. The van der Waals surface area contributed by atoms with E-state index in [4.69, 9.17) is 9.52 Å². The van der Waals surface area contributed by atoms with Gasteiger partial charge in [0, 0.05) is 18.5 Å². The highest BCUT2D eigenvalue weighted by Gasteiger charge is 2.13. The Morgan fingerprint density at radius 3 is 3.06 bits per heavy atom. The zero-order chi connectivity index (χ0) is 12.3. The molecule has 2 aromatic rings. The Morgan fingerprint density at radius 2 is 2.47 bits per heavy atom. The van der Waals surface area contributed by atoms with Gasteiger partial charge in [-0.3, -0.25) is 0 Å². The number of aromatic carboxylic acids is 1. The molecule has 0 unspecified atom stereocenters. The summed E-state index contributed by atoms with van der Waals surface area (Å²) >= 11 is 1.70. The third kappa shape index (κ3) is 2.85. The van der Waals surface area contributed by atoms with Crippen molar-refractivity contribution in [2.45, 2.75) is 6.42 Å². The van der Waals surface area contributed by atoms with Crippen LogP contribution in [0.2, 0.25) is 0 Å². The van der Waals surface area contributed by atoms with Gasteiger partial charge in [-0.05, 0) is 17.9 Å². The van der Waals surface area contributed by atoms with Crippen LogP contribution >= 0.6 is 11.3 Å². The molecule has 0 amide bonds. The van der Waals surface area contributed by atoms with Crippen LogP contribution in [0.15, 0.2) is 28.2 Å². The molecule has 0 radical (unpaired) electrons. The second-order valence-corrected chi connectivity index (χ2v) is 4.60. The van der Waals surface area contributed by atoms with Gasteiger partial charge in [-0.25, -0.2) is 4.79 Å². The summed E-state index contributed by atoms with van der Waals surface area (Å²) in [5, 5.41) is 10.8.